The van der Waals surface area contributed by atoms with E-state index in [2.05, 4.69) is 9.97 Å². The SMILES string of the molecule is O=c1cc(-c2ccccc2)nc(SCc2ccc([N+](=O)[O-])cc2)[nH]1. The second-order valence-electron chi connectivity index (χ2n) is 5.01. The minimum Gasteiger partial charge on any atom is -0.301 e. The maximum absolute atomic E-state index is 11.8. The van der Waals surface area contributed by atoms with Gasteiger partial charge < -0.3 is 4.98 Å². The molecule has 24 heavy (non-hydrogen) atoms. The van der Waals surface area contributed by atoms with Crippen molar-refractivity contribution in [3.8, 4) is 11.3 Å². The van der Waals surface area contributed by atoms with Crippen molar-refractivity contribution in [2.24, 2.45) is 0 Å². The van der Waals surface area contributed by atoms with Crippen LogP contribution < -0.4 is 5.56 Å². The van der Waals surface area contributed by atoms with E-state index in [0.29, 0.717) is 16.6 Å². The van der Waals surface area contributed by atoms with Crippen LogP contribution in [0.3, 0.4) is 0 Å². The number of nitrogens with zero attached hydrogens (tertiary/aromatic N) is 2. The average Bonchev–Trinajstić information content (AvgIpc) is 2.60. The molecule has 3 rings (SSSR count). The molecule has 0 aliphatic heterocycles. The molecular weight excluding hydrogens is 326 g/mol. The Morgan fingerprint density at radius 1 is 1.08 bits per heavy atom. The summed E-state index contributed by atoms with van der Waals surface area (Å²) >= 11 is 1.37. The van der Waals surface area contributed by atoms with Crippen molar-refractivity contribution in [2.75, 3.05) is 0 Å². The first-order valence-corrected chi connectivity index (χ1v) is 8.13. The van der Waals surface area contributed by atoms with Crippen LogP contribution in [-0.2, 0) is 5.75 Å². The molecule has 0 spiro atoms. The molecular formula is C17H13N3O3S. The minimum atomic E-state index is -0.431. The molecule has 0 aliphatic rings. The topological polar surface area (TPSA) is 88.9 Å². The Morgan fingerprint density at radius 2 is 1.79 bits per heavy atom. The summed E-state index contributed by atoms with van der Waals surface area (Å²) < 4.78 is 0. The summed E-state index contributed by atoms with van der Waals surface area (Å²) in [5, 5.41) is 11.2. The number of rotatable bonds is 5. The molecule has 120 valence electrons. The van der Waals surface area contributed by atoms with E-state index in [0.717, 1.165) is 11.1 Å². The minimum absolute atomic E-state index is 0.0568. The van der Waals surface area contributed by atoms with Crippen molar-refractivity contribution in [3.05, 3.63) is 86.7 Å². The van der Waals surface area contributed by atoms with Crippen LogP contribution in [0.4, 0.5) is 5.69 Å². The van der Waals surface area contributed by atoms with E-state index in [1.807, 2.05) is 30.3 Å². The zero-order valence-corrected chi connectivity index (χ0v) is 13.3. The molecule has 1 aromatic heterocycles. The molecule has 0 fully saturated rings. The highest BCUT2D eigenvalue weighted by Gasteiger charge is 2.07. The normalized spacial score (nSPS) is 10.5. The molecule has 3 aromatic rings. The van der Waals surface area contributed by atoms with Crippen LogP contribution in [0.2, 0.25) is 0 Å². The summed E-state index contributed by atoms with van der Waals surface area (Å²) in [6.45, 7) is 0. The number of hydrogen-bond acceptors (Lipinski definition) is 5. The van der Waals surface area contributed by atoms with E-state index >= 15 is 0 Å². The number of aromatic amines is 1. The van der Waals surface area contributed by atoms with Gasteiger partial charge in [-0.3, -0.25) is 14.9 Å². The highest BCUT2D eigenvalue weighted by atomic mass is 32.2. The molecule has 0 unspecified atom stereocenters. The maximum atomic E-state index is 11.8. The summed E-state index contributed by atoms with van der Waals surface area (Å²) in [7, 11) is 0. The monoisotopic (exact) mass is 339 g/mol. The van der Waals surface area contributed by atoms with Gasteiger partial charge in [0.25, 0.3) is 11.2 Å². The van der Waals surface area contributed by atoms with Crippen LogP contribution in [0.15, 0.2) is 70.6 Å². The molecule has 0 atom stereocenters. The largest absolute Gasteiger partial charge is 0.301 e. The van der Waals surface area contributed by atoms with Gasteiger partial charge in [0.05, 0.1) is 10.6 Å². The van der Waals surface area contributed by atoms with Gasteiger partial charge >= 0.3 is 0 Å². The lowest BCUT2D eigenvalue weighted by molar-refractivity contribution is -0.384. The standard InChI is InChI=1S/C17H13N3O3S/c21-16-10-15(13-4-2-1-3-5-13)18-17(19-16)24-11-12-6-8-14(9-7-12)20(22)23/h1-10H,11H2,(H,18,19,21). The van der Waals surface area contributed by atoms with E-state index < -0.39 is 4.92 Å². The first-order chi connectivity index (χ1) is 11.6. The third-order valence-corrected chi connectivity index (χ3v) is 4.26. The Kier molecular flexibility index (Phi) is 4.72. The third-order valence-electron chi connectivity index (χ3n) is 3.31. The molecule has 7 heteroatoms. The van der Waals surface area contributed by atoms with E-state index in [9.17, 15) is 14.9 Å². The van der Waals surface area contributed by atoms with Crippen LogP contribution in [0, 0.1) is 10.1 Å². The van der Waals surface area contributed by atoms with E-state index in [-0.39, 0.29) is 11.2 Å². The zero-order chi connectivity index (χ0) is 16.9. The zero-order valence-electron chi connectivity index (χ0n) is 12.5. The number of H-pyrrole nitrogens is 1. The lowest BCUT2D eigenvalue weighted by Gasteiger charge is -2.04. The summed E-state index contributed by atoms with van der Waals surface area (Å²) in [5.74, 6) is 0.555. The van der Waals surface area contributed by atoms with Gasteiger partial charge in [0.1, 0.15) is 0 Å². The van der Waals surface area contributed by atoms with Gasteiger partial charge in [-0.05, 0) is 5.56 Å². The maximum Gasteiger partial charge on any atom is 0.269 e. The van der Waals surface area contributed by atoms with Crippen molar-refractivity contribution in [2.45, 2.75) is 10.9 Å². The summed E-state index contributed by atoms with van der Waals surface area (Å²) in [5.41, 5.74) is 2.25. The van der Waals surface area contributed by atoms with Crippen LogP contribution in [-0.4, -0.2) is 14.9 Å². The predicted octanol–water partition coefficient (Wildman–Crippen LogP) is 3.64. The van der Waals surface area contributed by atoms with Gasteiger partial charge in [-0.15, -0.1) is 0 Å². The Morgan fingerprint density at radius 3 is 2.46 bits per heavy atom. The number of benzene rings is 2. The second-order valence-corrected chi connectivity index (χ2v) is 5.98. The number of nitrogens with one attached hydrogen (secondary N) is 1. The fourth-order valence-electron chi connectivity index (χ4n) is 2.13. The summed E-state index contributed by atoms with van der Waals surface area (Å²) in [6, 6.07) is 17.3. The van der Waals surface area contributed by atoms with Crippen molar-refractivity contribution in [3.63, 3.8) is 0 Å². The molecule has 0 saturated heterocycles. The van der Waals surface area contributed by atoms with Crippen LogP contribution in [0.25, 0.3) is 11.3 Å². The fraction of sp³-hybridized carbons (Fsp3) is 0.0588. The molecule has 6 nitrogen and oxygen atoms in total. The number of non-ortho nitro benzene ring substituents is 1. The lowest BCUT2D eigenvalue weighted by Crippen LogP contribution is -2.08. The second kappa shape index (κ2) is 7.10. The molecule has 0 radical (unpaired) electrons. The van der Waals surface area contributed by atoms with Gasteiger partial charge in [0.15, 0.2) is 5.16 Å². The average molecular weight is 339 g/mol. The Bertz CT molecular complexity index is 908. The number of nitro groups is 1. The predicted molar refractivity (Wildman–Crippen MR) is 93.0 cm³/mol. The smallest absolute Gasteiger partial charge is 0.269 e. The Balaban J connectivity index is 1.77. The molecule has 1 N–H and O–H groups in total. The molecule has 0 aliphatic carbocycles. The number of thioether (sulfide) groups is 1. The summed E-state index contributed by atoms with van der Waals surface area (Å²) in [6.07, 6.45) is 0. The summed E-state index contributed by atoms with van der Waals surface area (Å²) in [4.78, 5) is 29.2. The highest BCUT2D eigenvalue weighted by molar-refractivity contribution is 7.98. The first-order valence-electron chi connectivity index (χ1n) is 7.15. The lowest BCUT2D eigenvalue weighted by atomic mass is 10.1. The van der Waals surface area contributed by atoms with Gasteiger partial charge in [0.2, 0.25) is 0 Å². The van der Waals surface area contributed by atoms with Crippen molar-refractivity contribution in [1.82, 2.24) is 9.97 Å². The Hall–Kier alpha value is -2.93. The fourth-order valence-corrected chi connectivity index (χ4v) is 2.96. The molecule has 0 amide bonds. The highest BCUT2D eigenvalue weighted by Crippen LogP contribution is 2.22. The van der Waals surface area contributed by atoms with E-state index in [1.54, 1.807) is 12.1 Å². The molecule has 0 saturated carbocycles. The van der Waals surface area contributed by atoms with E-state index in [1.165, 1.54) is 30.0 Å². The van der Waals surface area contributed by atoms with Gasteiger partial charge in [0, 0.05) is 29.5 Å². The van der Waals surface area contributed by atoms with Crippen LogP contribution >= 0.6 is 11.8 Å². The van der Waals surface area contributed by atoms with E-state index in [4.69, 9.17) is 0 Å². The van der Waals surface area contributed by atoms with Gasteiger partial charge in [-0.1, -0.05) is 54.2 Å². The Labute approximate surface area is 141 Å². The molecule has 2 aromatic carbocycles. The molecule has 0 bridgehead atoms. The van der Waals surface area contributed by atoms with Gasteiger partial charge in [-0.2, -0.15) is 0 Å². The quantitative estimate of drug-likeness (QED) is 0.332. The number of nitro benzene ring substituents is 1. The van der Waals surface area contributed by atoms with Gasteiger partial charge in [-0.25, -0.2) is 4.98 Å². The van der Waals surface area contributed by atoms with Crippen molar-refractivity contribution in [1.29, 1.82) is 0 Å². The first kappa shape index (κ1) is 15.9. The van der Waals surface area contributed by atoms with Crippen molar-refractivity contribution >= 4 is 17.4 Å². The number of hydrogen-bond donors (Lipinski definition) is 1. The molecule has 1 heterocycles. The van der Waals surface area contributed by atoms with Crippen LogP contribution in [0.1, 0.15) is 5.56 Å². The van der Waals surface area contributed by atoms with Crippen molar-refractivity contribution < 1.29 is 4.92 Å². The number of aromatic nitrogens is 2. The van der Waals surface area contributed by atoms with Crippen LogP contribution in [0.5, 0.6) is 0 Å². The third kappa shape index (κ3) is 3.88.